The Kier molecular flexibility index (Phi) is 4.53. The summed E-state index contributed by atoms with van der Waals surface area (Å²) in [6.07, 6.45) is 4.74. The van der Waals surface area contributed by atoms with Crippen LogP contribution in [0.25, 0.3) is 0 Å². The van der Waals surface area contributed by atoms with Crippen molar-refractivity contribution in [3.63, 3.8) is 0 Å². The van der Waals surface area contributed by atoms with Crippen LogP contribution in [0.1, 0.15) is 37.8 Å². The smallest absolute Gasteiger partial charge is 0.328 e. The van der Waals surface area contributed by atoms with Crippen LogP contribution in [0.3, 0.4) is 0 Å². The van der Waals surface area contributed by atoms with Gasteiger partial charge in [0, 0.05) is 18.5 Å². The number of rotatable bonds is 3. The minimum atomic E-state index is -0.679. The molecule has 4 atom stereocenters. The van der Waals surface area contributed by atoms with E-state index in [4.69, 9.17) is 15.2 Å². The third-order valence-corrected chi connectivity index (χ3v) is 6.13. The van der Waals surface area contributed by atoms with E-state index in [1.165, 1.54) is 5.56 Å². The summed E-state index contributed by atoms with van der Waals surface area (Å²) in [4.78, 5) is 14.7. The first-order valence-corrected chi connectivity index (χ1v) is 9.68. The molecular formula is C21H28N2O4. The SMILES string of the molecule is CC(C)C(N)C(=O)Oc1ccc2c3c1OC1CC(O)C=CC31CCN(C)C2. The van der Waals surface area contributed by atoms with Gasteiger partial charge in [0.1, 0.15) is 12.1 Å². The fraction of sp³-hybridized carbons (Fsp3) is 0.571. The molecule has 4 rings (SSSR count). The summed E-state index contributed by atoms with van der Waals surface area (Å²) in [5, 5.41) is 10.1. The van der Waals surface area contributed by atoms with Crippen molar-refractivity contribution in [2.75, 3.05) is 13.6 Å². The highest BCUT2D eigenvalue weighted by Gasteiger charge is 2.52. The van der Waals surface area contributed by atoms with Gasteiger partial charge in [0.15, 0.2) is 11.5 Å². The summed E-state index contributed by atoms with van der Waals surface area (Å²) >= 11 is 0. The highest BCUT2D eigenvalue weighted by molar-refractivity contribution is 5.79. The molecular weight excluding hydrogens is 344 g/mol. The number of nitrogens with two attached hydrogens (primary N) is 1. The molecule has 2 heterocycles. The van der Waals surface area contributed by atoms with Crippen molar-refractivity contribution in [3.8, 4) is 11.5 Å². The number of hydrogen-bond acceptors (Lipinski definition) is 6. The third-order valence-electron chi connectivity index (χ3n) is 6.13. The summed E-state index contributed by atoms with van der Waals surface area (Å²) in [5.74, 6) is 0.607. The molecule has 6 heteroatoms. The van der Waals surface area contributed by atoms with Crippen LogP contribution in [0.5, 0.6) is 11.5 Å². The largest absolute Gasteiger partial charge is 0.485 e. The highest BCUT2D eigenvalue weighted by atomic mass is 16.6. The topological polar surface area (TPSA) is 85.0 Å². The molecule has 4 unspecified atom stereocenters. The second kappa shape index (κ2) is 6.62. The fourth-order valence-corrected chi connectivity index (χ4v) is 4.45. The first-order chi connectivity index (χ1) is 12.8. The monoisotopic (exact) mass is 372 g/mol. The summed E-state index contributed by atoms with van der Waals surface area (Å²) in [5.41, 5.74) is 7.96. The Morgan fingerprint density at radius 1 is 1.44 bits per heavy atom. The van der Waals surface area contributed by atoms with Crippen molar-refractivity contribution in [1.82, 2.24) is 4.90 Å². The summed E-state index contributed by atoms with van der Waals surface area (Å²) in [7, 11) is 2.11. The summed E-state index contributed by atoms with van der Waals surface area (Å²) in [6, 6.07) is 3.15. The molecule has 0 fully saturated rings. The molecule has 1 aliphatic carbocycles. The Morgan fingerprint density at radius 3 is 2.96 bits per heavy atom. The number of carbonyl (C=O) groups excluding carboxylic acids is 1. The van der Waals surface area contributed by atoms with Gasteiger partial charge in [-0.05, 0) is 37.6 Å². The Balaban J connectivity index is 1.78. The zero-order valence-corrected chi connectivity index (χ0v) is 16.1. The van der Waals surface area contributed by atoms with Gasteiger partial charge in [-0.15, -0.1) is 0 Å². The number of esters is 1. The van der Waals surface area contributed by atoms with E-state index in [0.29, 0.717) is 17.9 Å². The predicted octanol–water partition coefficient (Wildman–Crippen LogP) is 1.73. The molecule has 0 saturated carbocycles. The van der Waals surface area contributed by atoms with Gasteiger partial charge in [-0.1, -0.05) is 32.1 Å². The van der Waals surface area contributed by atoms with Gasteiger partial charge in [-0.2, -0.15) is 0 Å². The molecule has 1 aromatic carbocycles. The van der Waals surface area contributed by atoms with Crippen LogP contribution in [0.4, 0.5) is 0 Å². The van der Waals surface area contributed by atoms with Gasteiger partial charge >= 0.3 is 5.97 Å². The van der Waals surface area contributed by atoms with E-state index in [2.05, 4.69) is 18.0 Å². The van der Waals surface area contributed by atoms with Gasteiger partial charge in [-0.3, -0.25) is 0 Å². The van der Waals surface area contributed by atoms with Gasteiger partial charge in [-0.25, -0.2) is 4.79 Å². The maximum absolute atomic E-state index is 12.4. The van der Waals surface area contributed by atoms with E-state index in [1.54, 1.807) is 0 Å². The number of nitrogens with zero attached hydrogens (tertiary/aromatic N) is 1. The van der Waals surface area contributed by atoms with Crippen LogP contribution < -0.4 is 15.2 Å². The van der Waals surface area contributed by atoms with Crippen molar-refractivity contribution in [2.24, 2.45) is 11.7 Å². The minimum absolute atomic E-state index is 0.00604. The molecule has 3 N–H and O–H groups in total. The van der Waals surface area contributed by atoms with E-state index in [1.807, 2.05) is 32.1 Å². The van der Waals surface area contributed by atoms with Crippen LogP contribution in [0.15, 0.2) is 24.3 Å². The average Bonchev–Trinajstić information content (AvgIpc) is 2.88. The fourth-order valence-electron chi connectivity index (χ4n) is 4.45. The van der Waals surface area contributed by atoms with E-state index in [0.717, 1.165) is 25.1 Å². The quantitative estimate of drug-likeness (QED) is 0.478. The Labute approximate surface area is 159 Å². The van der Waals surface area contributed by atoms with E-state index in [9.17, 15) is 9.90 Å². The van der Waals surface area contributed by atoms with Crippen LogP contribution in [0.2, 0.25) is 0 Å². The number of aliphatic hydroxyl groups excluding tert-OH is 1. The lowest BCUT2D eigenvalue weighted by molar-refractivity contribution is -0.137. The molecule has 0 amide bonds. The van der Waals surface area contributed by atoms with Crippen molar-refractivity contribution in [2.45, 2.75) is 56.9 Å². The van der Waals surface area contributed by atoms with E-state index >= 15 is 0 Å². The van der Waals surface area contributed by atoms with Gasteiger partial charge in [0.2, 0.25) is 0 Å². The van der Waals surface area contributed by atoms with E-state index in [-0.39, 0.29) is 17.4 Å². The maximum atomic E-state index is 12.4. The van der Waals surface area contributed by atoms with Crippen molar-refractivity contribution >= 4 is 5.97 Å². The zero-order chi connectivity index (χ0) is 19.3. The molecule has 0 aromatic heterocycles. The lowest BCUT2D eigenvalue weighted by Gasteiger charge is -2.35. The van der Waals surface area contributed by atoms with Crippen LogP contribution >= 0.6 is 0 Å². The first-order valence-electron chi connectivity index (χ1n) is 9.68. The predicted molar refractivity (Wildman–Crippen MR) is 102 cm³/mol. The number of benzene rings is 1. The molecule has 27 heavy (non-hydrogen) atoms. The molecule has 1 spiro atoms. The third kappa shape index (κ3) is 2.96. The lowest BCUT2D eigenvalue weighted by atomic mass is 9.69. The highest BCUT2D eigenvalue weighted by Crippen LogP contribution is 2.55. The molecule has 3 aliphatic rings. The summed E-state index contributed by atoms with van der Waals surface area (Å²) < 4.78 is 12.0. The number of aliphatic hydroxyl groups is 1. The van der Waals surface area contributed by atoms with Crippen molar-refractivity contribution < 1.29 is 19.4 Å². The zero-order valence-electron chi connectivity index (χ0n) is 16.1. The maximum Gasteiger partial charge on any atom is 0.328 e. The van der Waals surface area contributed by atoms with E-state index < -0.39 is 18.1 Å². The van der Waals surface area contributed by atoms with Crippen molar-refractivity contribution in [1.29, 1.82) is 0 Å². The number of hydrogen-bond donors (Lipinski definition) is 2. The minimum Gasteiger partial charge on any atom is -0.485 e. The van der Waals surface area contributed by atoms with Gasteiger partial charge < -0.3 is 25.2 Å². The number of carbonyl (C=O) groups is 1. The molecule has 6 nitrogen and oxygen atoms in total. The van der Waals surface area contributed by atoms with Crippen LogP contribution in [0, 0.1) is 5.92 Å². The van der Waals surface area contributed by atoms with Crippen molar-refractivity contribution in [3.05, 3.63) is 35.4 Å². The Bertz CT molecular complexity index is 791. The molecule has 146 valence electrons. The molecule has 1 aromatic rings. The normalized spacial score (nSPS) is 30.3. The second-order valence-corrected chi connectivity index (χ2v) is 8.41. The first kappa shape index (κ1) is 18.5. The molecule has 0 bridgehead atoms. The van der Waals surface area contributed by atoms with Gasteiger partial charge in [0.05, 0.1) is 11.5 Å². The molecule has 0 radical (unpaired) electrons. The van der Waals surface area contributed by atoms with Crippen LogP contribution in [-0.4, -0.2) is 47.8 Å². The molecule has 2 aliphatic heterocycles. The van der Waals surface area contributed by atoms with Crippen LogP contribution in [-0.2, 0) is 16.8 Å². The lowest BCUT2D eigenvalue weighted by Crippen LogP contribution is -2.42. The van der Waals surface area contributed by atoms with Gasteiger partial charge in [0.25, 0.3) is 0 Å². The average molecular weight is 372 g/mol. The Hall–Kier alpha value is -1.89. The standard InChI is InChI=1S/C21H28N2O4/c1-12(2)18(22)20(25)26-15-5-4-13-11-23(3)9-8-21-7-6-14(24)10-16(21)27-19(15)17(13)21/h4-7,12,14,16,18,24H,8-11,22H2,1-3H3. The Morgan fingerprint density at radius 2 is 2.22 bits per heavy atom. The number of ether oxygens (including phenoxy) is 2. The second-order valence-electron chi connectivity index (χ2n) is 8.41. The molecule has 0 saturated heterocycles. The summed E-state index contributed by atoms with van der Waals surface area (Å²) in [6.45, 7) is 5.53.